The third kappa shape index (κ3) is 13.1. The summed E-state index contributed by atoms with van der Waals surface area (Å²) >= 11 is 0. The zero-order chi connectivity index (χ0) is 16.1. The molecule has 0 unspecified atom stereocenters. The minimum absolute atomic E-state index is 0.159. The predicted molar refractivity (Wildman–Crippen MR) is 87.2 cm³/mol. The molecule has 0 aromatic heterocycles. The maximum absolute atomic E-state index is 11.0. The zero-order valence-corrected chi connectivity index (χ0v) is 14.0. The summed E-state index contributed by atoms with van der Waals surface area (Å²) in [5.74, 6) is 0.774. The van der Waals surface area contributed by atoms with Crippen LogP contribution in [0.15, 0.2) is 24.3 Å². The van der Waals surface area contributed by atoms with Gasteiger partial charge in [-0.15, -0.1) is 0 Å². The van der Waals surface area contributed by atoms with Crippen LogP contribution in [0.2, 0.25) is 0 Å². The van der Waals surface area contributed by atoms with E-state index in [1.165, 1.54) is 5.56 Å². The van der Waals surface area contributed by atoms with Gasteiger partial charge in [-0.1, -0.05) is 59.2 Å². The van der Waals surface area contributed by atoms with Gasteiger partial charge in [0, 0.05) is 12.0 Å². The number of hydrogen-bond acceptors (Lipinski definition) is 3. The van der Waals surface area contributed by atoms with E-state index in [1.54, 1.807) is 12.1 Å². The van der Waals surface area contributed by atoms with Crippen LogP contribution in [-0.4, -0.2) is 23.5 Å². The number of nitrogens with one attached hydrogen (secondary N) is 1. The second-order valence-electron chi connectivity index (χ2n) is 4.99. The van der Waals surface area contributed by atoms with Gasteiger partial charge >= 0.3 is 0 Å². The lowest BCUT2D eigenvalue weighted by atomic mass is 10.1. The molecule has 0 aliphatic carbocycles. The normalized spacial score (nSPS) is 9.45. The smallest absolute Gasteiger partial charge is 0.149 e. The van der Waals surface area contributed by atoms with E-state index in [4.69, 9.17) is 5.11 Å². The van der Waals surface area contributed by atoms with E-state index in [1.807, 2.05) is 60.6 Å². The van der Waals surface area contributed by atoms with Crippen molar-refractivity contribution in [1.82, 2.24) is 5.32 Å². The fraction of sp³-hybridized carbons (Fsp3) is 0.588. The van der Waals surface area contributed by atoms with Crippen LogP contribution in [0.5, 0.6) is 5.75 Å². The molecule has 3 nitrogen and oxygen atoms in total. The fourth-order valence-corrected chi connectivity index (χ4v) is 1.05. The van der Waals surface area contributed by atoms with E-state index >= 15 is 0 Å². The summed E-state index contributed by atoms with van der Waals surface area (Å²) in [5.41, 5.74) is 1.17. The van der Waals surface area contributed by atoms with Gasteiger partial charge in [0.25, 0.3) is 0 Å². The van der Waals surface area contributed by atoms with Crippen molar-refractivity contribution < 1.29 is 9.90 Å². The summed E-state index contributed by atoms with van der Waals surface area (Å²) in [7, 11) is 0. The lowest BCUT2D eigenvalue weighted by molar-refractivity contribution is -0.121. The van der Waals surface area contributed by atoms with E-state index in [0.29, 0.717) is 18.3 Å². The highest BCUT2D eigenvalue weighted by molar-refractivity contribution is 5.82. The molecule has 0 radical (unpaired) electrons. The number of aryl methyl sites for hydroxylation is 1. The Labute approximate surface area is 124 Å². The van der Waals surface area contributed by atoms with Gasteiger partial charge in [0.05, 0.1) is 6.54 Å². The molecule has 2 N–H and O–H groups in total. The topological polar surface area (TPSA) is 49.3 Å². The Kier molecular flexibility index (Phi) is 13.3. The average Bonchev–Trinajstić information content (AvgIpc) is 2.42. The molecule has 0 aliphatic heterocycles. The van der Waals surface area contributed by atoms with Crippen molar-refractivity contribution in [3.8, 4) is 5.75 Å². The van der Waals surface area contributed by atoms with Gasteiger partial charge < -0.3 is 10.4 Å². The molecule has 0 fully saturated rings. The first-order chi connectivity index (χ1) is 9.32. The van der Waals surface area contributed by atoms with Gasteiger partial charge in [-0.3, -0.25) is 4.79 Å². The molecule has 0 heterocycles. The van der Waals surface area contributed by atoms with Gasteiger partial charge in [0.2, 0.25) is 0 Å². The molecule has 3 heteroatoms. The number of phenols is 1. The van der Waals surface area contributed by atoms with Crippen LogP contribution in [0.1, 0.15) is 47.1 Å². The second kappa shape index (κ2) is 12.7. The van der Waals surface area contributed by atoms with Gasteiger partial charge in [-0.25, -0.2) is 0 Å². The molecular weight excluding hydrogens is 250 g/mol. The van der Waals surface area contributed by atoms with Crippen molar-refractivity contribution in [3.05, 3.63) is 29.8 Å². The number of carbonyl (C=O) groups excluding carboxylic acids is 1. The maximum atomic E-state index is 11.0. The number of benzene rings is 1. The molecule has 0 saturated carbocycles. The van der Waals surface area contributed by atoms with E-state index < -0.39 is 0 Å². The number of phenolic OH excluding ortho intramolecular Hbond substituents is 1. The first-order valence-electron chi connectivity index (χ1n) is 7.34. The largest absolute Gasteiger partial charge is 0.508 e. The van der Waals surface area contributed by atoms with Gasteiger partial charge in [-0.2, -0.15) is 0 Å². The standard InChI is InChI=1S/C8H17NO.C7H8O.C2H6/c1-6(2)8(10)5-9-7(3)4;1-6-2-4-7(8)5-3-6;1-2/h6-7,9H,5H2,1-4H3;2-5,8H,1H3;1-2H3. The highest BCUT2D eigenvalue weighted by Gasteiger charge is 2.05. The summed E-state index contributed by atoms with van der Waals surface area (Å²) in [4.78, 5) is 11.0. The van der Waals surface area contributed by atoms with Crippen molar-refractivity contribution in [2.24, 2.45) is 5.92 Å². The Balaban J connectivity index is 0. The summed E-state index contributed by atoms with van der Waals surface area (Å²) in [6.45, 7) is 14.4. The monoisotopic (exact) mass is 281 g/mol. The Bertz CT molecular complexity index is 322. The number of hydrogen-bond donors (Lipinski definition) is 2. The number of Topliss-reactive ketones (excluding diaryl/α,β-unsaturated/α-hetero) is 1. The highest BCUT2D eigenvalue weighted by atomic mass is 16.3. The third-order valence-electron chi connectivity index (χ3n) is 2.36. The van der Waals surface area contributed by atoms with Crippen LogP contribution in [0, 0.1) is 12.8 Å². The molecule has 1 aromatic carbocycles. The van der Waals surface area contributed by atoms with Crippen LogP contribution >= 0.6 is 0 Å². The molecule has 0 saturated heterocycles. The van der Waals surface area contributed by atoms with Crippen LogP contribution in [0.4, 0.5) is 0 Å². The Morgan fingerprint density at radius 1 is 1.10 bits per heavy atom. The molecule has 0 bridgehead atoms. The molecule has 0 spiro atoms. The summed E-state index contributed by atoms with van der Waals surface area (Å²) < 4.78 is 0. The summed E-state index contributed by atoms with van der Waals surface area (Å²) in [6.07, 6.45) is 0. The van der Waals surface area contributed by atoms with Crippen LogP contribution in [-0.2, 0) is 4.79 Å². The highest BCUT2D eigenvalue weighted by Crippen LogP contribution is 2.07. The van der Waals surface area contributed by atoms with Crippen LogP contribution < -0.4 is 5.32 Å². The van der Waals surface area contributed by atoms with E-state index in [-0.39, 0.29) is 11.7 Å². The number of rotatable bonds is 4. The van der Waals surface area contributed by atoms with Gasteiger partial charge in [0.1, 0.15) is 11.5 Å². The van der Waals surface area contributed by atoms with Crippen molar-refractivity contribution in [2.45, 2.75) is 54.5 Å². The lowest BCUT2D eigenvalue weighted by Gasteiger charge is -2.08. The Morgan fingerprint density at radius 3 is 1.85 bits per heavy atom. The second-order valence-corrected chi connectivity index (χ2v) is 4.99. The molecule has 1 aromatic rings. The summed E-state index contributed by atoms with van der Waals surface area (Å²) in [6, 6.07) is 7.50. The molecule has 0 atom stereocenters. The molecule has 0 aliphatic rings. The van der Waals surface area contributed by atoms with E-state index in [2.05, 4.69) is 5.32 Å². The average molecular weight is 281 g/mol. The predicted octanol–water partition coefficient (Wildman–Crippen LogP) is 3.94. The number of carbonyl (C=O) groups is 1. The first kappa shape index (κ1) is 21.0. The van der Waals surface area contributed by atoms with Gasteiger partial charge in [0.15, 0.2) is 0 Å². The van der Waals surface area contributed by atoms with E-state index in [0.717, 1.165) is 0 Å². The summed E-state index contributed by atoms with van der Waals surface area (Å²) in [5, 5.41) is 11.8. The van der Waals surface area contributed by atoms with Crippen molar-refractivity contribution in [1.29, 1.82) is 0 Å². The van der Waals surface area contributed by atoms with Gasteiger partial charge in [-0.05, 0) is 19.1 Å². The Morgan fingerprint density at radius 2 is 1.55 bits per heavy atom. The molecule has 0 amide bonds. The molecule has 1 rings (SSSR count). The molecular formula is C17H31NO2. The van der Waals surface area contributed by atoms with Crippen molar-refractivity contribution >= 4 is 5.78 Å². The van der Waals surface area contributed by atoms with Crippen molar-refractivity contribution in [2.75, 3.05) is 6.54 Å². The molecule has 116 valence electrons. The van der Waals surface area contributed by atoms with Crippen LogP contribution in [0.25, 0.3) is 0 Å². The zero-order valence-electron chi connectivity index (χ0n) is 14.0. The van der Waals surface area contributed by atoms with Crippen LogP contribution in [0.3, 0.4) is 0 Å². The van der Waals surface area contributed by atoms with Crippen molar-refractivity contribution in [3.63, 3.8) is 0 Å². The maximum Gasteiger partial charge on any atom is 0.149 e. The third-order valence-corrected chi connectivity index (χ3v) is 2.36. The SMILES string of the molecule is CC.CC(C)NCC(=O)C(C)C.Cc1ccc(O)cc1. The number of aromatic hydroxyl groups is 1. The quantitative estimate of drug-likeness (QED) is 0.879. The van der Waals surface area contributed by atoms with E-state index in [9.17, 15) is 4.79 Å². The number of ketones is 1. The molecule has 20 heavy (non-hydrogen) atoms. The minimum Gasteiger partial charge on any atom is -0.508 e. The Hall–Kier alpha value is -1.35. The first-order valence-corrected chi connectivity index (χ1v) is 7.34. The lowest BCUT2D eigenvalue weighted by Crippen LogP contribution is -2.31. The minimum atomic E-state index is 0.159. The fourth-order valence-electron chi connectivity index (χ4n) is 1.05.